The molecule has 0 saturated heterocycles. The van der Waals surface area contributed by atoms with Gasteiger partial charge in [0, 0.05) is 0 Å². The molecule has 0 atom stereocenters. The van der Waals surface area contributed by atoms with Gasteiger partial charge in [0.05, 0.1) is 19.8 Å². The van der Waals surface area contributed by atoms with Gasteiger partial charge >= 0.3 is 0 Å². The van der Waals surface area contributed by atoms with Gasteiger partial charge in [-0.05, 0) is 0 Å². The number of ether oxygens (including phenoxy) is 1. The summed E-state index contributed by atoms with van der Waals surface area (Å²) in [5.74, 6) is 0. The third-order valence-electron chi connectivity index (χ3n) is 0.937. The maximum absolute atomic E-state index is 9.95. The van der Waals surface area contributed by atoms with Gasteiger partial charge in [-0.25, -0.2) is 0 Å². The van der Waals surface area contributed by atoms with E-state index in [2.05, 4.69) is 4.99 Å². The van der Waals surface area contributed by atoms with Crippen molar-refractivity contribution in [3.05, 3.63) is 0 Å². The van der Waals surface area contributed by atoms with Gasteiger partial charge in [-0.2, -0.15) is 0 Å². The lowest BCUT2D eigenvalue weighted by Crippen LogP contribution is -2.18. The number of nitrogens with zero attached hydrogens (tertiary/aromatic N) is 1. The molecule has 0 saturated carbocycles. The molecule has 3 nitrogen and oxygen atoms in total. The number of rotatable bonds is 1. The molecule has 0 bridgehead atoms. The number of carbonyl (C=O) groups excluding carboxylic acids is 1. The highest BCUT2D eigenvalue weighted by molar-refractivity contribution is 6.29. The molecular formula is C5H7NO2. The minimum atomic E-state index is 0.392. The van der Waals surface area contributed by atoms with Crippen LogP contribution in [0, 0.1) is 0 Å². The van der Waals surface area contributed by atoms with Crippen molar-refractivity contribution in [3.8, 4) is 0 Å². The van der Waals surface area contributed by atoms with E-state index in [1.54, 1.807) is 0 Å². The summed E-state index contributed by atoms with van der Waals surface area (Å²) < 4.78 is 4.91. The van der Waals surface area contributed by atoms with Crippen molar-refractivity contribution in [2.45, 2.75) is 0 Å². The Morgan fingerprint density at radius 2 is 2.62 bits per heavy atom. The zero-order valence-electron chi connectivity index (χ0n) is 4.46. The highest BCUT2D eigenvalue weighted by Gasteiger charge is 2.01. The SMILES string of the molecule is O=CC1=NCCOC1. The molecule has 1 aliphatic rings. The number of hydrogen-bond donors (Lipinski definition) is 0. The predicted molar refractivity (Wildman–Crippen MR) is 29.2 cm³/mol. The van der Waals surface area contributed by atoms with Gasteiger partial charge in [0.2, 0.25) is 0 Å². The number of aldehydes is 1. The summed E-state index contributed by atoms with van der Waals surface area (Å²) in [7, 11) is 0. The van der Waals surface area contributed by atoms with Crippen molar-refractivity contribution in [1.82, 2.24) is 0 Å². The van der Waals surface area contributed by atoms with Crippen LogP contribution < -0.4 is 0 Å². The first-order valence-corrected chi connectivity index (χ1v) is 2.50. The normalized spacial score (nSPS) is 19.8. The highest BCUT2D eigenvalue weighted by atomic mass is 16.5. The molecule has 0 aliphatic carbocycles. The molecule has 0 aromatic carbocycles. The van der Waals surface area contributed by atoms with Crippen molar-refractivity contribution >= 4 is 12.0 Å². The number of hydrogen-bond acceptors (Lipinski definition) is 3. The third kappa shape index (κ3) is 1.13. The first kappa shape index (κ1) is 5.44. The Balaban J connectivity index is 2.49. The molecule has 3 heteroatoms. The van der Waals surface area contributed by atoms with Gasteiger partial charge in [0.25, 0.3) is 0 Å². The highest BCUT2D eigenvalue weighted by Crippen LogP contribution is 1.87. The summed E-state index contributed by atoms with van der Waals surface area (Å²) in [5, 5.41) is 0. The van der Waals surface area contributed by atoms with Crippen LogP contribution in [0.2, 0.25) is 0 Å². The number of carbonyl (C=O) groups is 1. The lowest BCUT2D eigenvalue weighted by atomic mass is 10.4. The van der Waals surface area contributed by atoms with Gasteiger partial charge in [-0.1, -0.05) is 0 Å². The standard InChI is InChI=1S/C5H7NO2/c7-3-5-4-8-2-1-6-5/h3H,1-2,4H2. The maximum atomic E-state index is 9.95. The van der Waals surface area contributed by atoms with Crippen LogP contribution in [0.4, 0.5) is 0 Å². The van der Waals surface area contributed by atoms with Crippen LogP contribution in [-0.2, 0) is 9.53 Å². The van der Waals surface area contributed by atoms with E-state index in [9.17, 15) is 4.79 Å². The van der Waals surface area contributed by atoms with Crippen molar-refractivity contribution in [3.63, 3.8) is 0 Å². The topological polar surface area (TPSA) is 38.7 Å². The molecule has 0 N–H and O–H groups in total. The zero-order chi connectivity index (χ0) is 5.82. The Kier molecular flexibility index (Phi) is 1.75. The molecule has 0 spiro atoms. The molecule has 1 heterocycles. The largest absolute Gasteiger partial charge is 0.373 e. The minimum Gasteiger partial charge on any atom is -0.373 e. The van der Waals surface area contributed by atoms with Gasteiger partial charge in [0.15, 0.2) is 6.29 Å². The molecule has 0 aromatic heterocycles. The number of aliphatic imine (C=N–C) groups is 1. The molecule has 0 aromatic rings. The molecule has 0 radical (unpaired) electrons. The van der Waals surface area contributed by atoms with Crippen LogP contribution >= 0.6 is 0 Å². The Morgan fingerprint density at radius 3 is 3.00 bits per heavy atom. The summed E-state index contributed by atoms with van der Waals surface area (Å²) in [4.78, 5) is 13.8. The zero-order valence-corrected chi connectivity index (χ0v) is 4.46. The van der Waals surface area contributed by atoms with Gasteiger partial charge in [0.1, 0.15) is 5.71 Å². The summed E-state index contributed by atoms with van der Waals surface area (Å²) in [6.45, 7) is 1.68. The van der Waals surface area contributed by atoms with E-state index in [0.29, 0.717) is 25.5 Å². The average Bonchev–Trinajstić information content (AvgIpc) is 1.90. The van der Waals surface area contributed by atoms with E-state index < -0.39 is 0 Å². The van der Waals surface area contributed by atoms with Crippen LogP contribution in [0.15, 0.2) is 4.99 Å². The fraction of sp³-hybridized carbons (Fsp3) is 0.600. The predicted octanol–water partition coefficient (Wildman–Crippen LogP) is -0.344. The fourth-order valence-corrected chi connectivity index (χ4v) is 0.547. The Labute approximate surface area is 47.4 Å². The van der Waals surface area contributed by atoms with Crippen molar-refractivity contribution < 1.29 is 9.53 Å². The minimum absolute atomic E-state index is 0.392. The molecule has 0 unspecified atom stereocenters. The van der Waals surface area contributed by atoms with Crippen LogP contribution in [0.3, 0.4) is 0 Å². The summed E-state index contributed by atoms with van der Waals surface area (Å²) in [6, 6.07) is 0. The van der Waals surface area contributed by atoms with Crippen molar-refractivity contribution in [2.75, 3.05) is 19.8 Å². The third-order valence-corrected chi connectivity index (χ3v) is 0.937. The van der Waals surface area contributed by atoms with E-state index >= 15 is 0 Å². The fourth-order valence-electron chi connectivity index (χ4n) is 0.547. The van der Waals surface area contributed by atoms with E-state index in [0.717, 1.165) is 6.29 Å². The average molecular weight is 113 g/mol. The Morgan fingerprint density at radius 1 is 1.75 bits per heavy atom. The molecule has 1 rings (SSSR count). The van der Waals surface area contributed by atoms with Crippen LogP contribution in [-0.4, -0.2) is 31.8 Å². The lowest BCUT2D eigenvalue weighted by Gasteiger charge is -2.06. The molecule has 0 amide bonds. The van der Waals surface area contributed by atoms with Crippen LogP contribution in [0.1, 0.15) is 0 Å². The van der Waals surface area contributed by atoms with Crippen LogP contribution in [0.5, 0.6) is 0 Å². The van der Waals surface area contributed by atoms with Crippen LogP contribution in [0.25, 0.3) is 0 Å². The molecule has 44 valence electrons. The van der Waals surface area contributed by atoms with Crippen molar-refractivity contribution in [1.29, 1.82) is 0 Å². The second-order valence-corrected chi connectivity index (χ2v) is 1.54. The second kappa shape index (κ2) is 2.57. The summed E-state index contributed by atoms with van der Waals surface area (Å²) in [5.41, 5.74) is 0.524. The second-order valence-electron chi connectivity index (χ2n) is 1.54. The molecule has 0 fully saturated rings. The van der Waals surface area contributed by atoms with E-state index in [4.69, 9.17) is 4.74 Å². The van der Waals surface area contributed by atoms with Gasteiger partial charge in [-0.15, -0.1) is 0 Å². The Bertz CT molecular complexity index is 120. The first-order valence-electron chi connectivity index (χ1n) is 2.50. The lowest BCUT2D eigenvalue weighted by molar-refractivity contribution is -0.103. The molecule has 8 heavy (non-hydrogen) atoms. The smallest absolute Gasteiger partial charge is 0.166 e. The van der Waals surface area contributed by atoms with Crippen molar-refractivity contribution in [2.24, 2.45) is 4.99 Å². The molecular weight excluding hydrogens is 106 g/mol. The maximum Gasteiger partial charge on any atom is 0.166 e. The van der Waals surface area contributed by atoms with E-state index in [1.807, 2.05) is 0 Å². The van der Waals surface area contributed by atoms with Gasteiger partial charge < -0.3 is 4.74 Å². The van der Waals surface area contributed by atoms with E-state index in [1.165, 1.54) is 0 Å². The monoisotopic (exact) mass is 113 g/mol. The molecule has 1 aliphatic heterocycles. The quantitative estimate of drug-likeness (QED) is 0.436. The van der Waals surface area contributed by atoms with E-state index in [-0.39, 0.29) is 0 Å². The van der Waals surface area contributed by atoms with Gasteiger partial charge in [-0.3, -0.25) is 9.79 Å². The summed E-state index contributed by atoms with van der Waals surface area (Å²) in [6.07, 6.45) is 0.735. The first-order chi connectivity index (χ1) is 3.93. The summed E-state index contributed by atoms with van der Waals surface area (Å²) >= 11 is 0. The Hall–Kier alpha value is -0.700.